The first-order chi connectivity index (χ1) is 10.5. The summed E-state index contributed by atoms with van der Waals surface area (Å²) in [7, 11) is 0. The molecule has 2 aromatic carbocycles. The molecular weight excluding hydrogens is 368 g/mol. The first-order valence-corrected chi connectivity index (χ1v) is 7.82. The van der Waals surface area contributed by atoms with Crippen LogP contribution in [0.5, 0.6) is 5.75 Å². The van der Waals surface area contributed by atoms with Gasteiger partial charge >= 0.3 is 0 Å². The molecule has 3 aromatic rings. The van der Waals surface area contributed by atoms with Gasteiger partial charge in [0, 0.05) is 5.02 Å². The summed E-state index contributed by atoms with van der Waals surface area (Å²) >= 11 is 9.31. The third-order valence-corrected chi connectivity index (χ3v) is 4.07. The molecule has 0 radical (unpaired) electrons. The van der Waals surface area contributed by atoms with E-state index in [1.807, 2.05) is 19.1 Å². The summed E-state index contributed by atoms with van der Waals surface area (Å²) in [6, 6.07) is 12.5. The molecule has 1 N–H and O–H groups in total. The minimum atomic E-state index is -0.408. The molecule has 0 saturated carbocycles. The Morgan fingerprint density at radius 3 is 2.82 bits per heavy atom. The maximum atomic E-state index is 12.1. The topological polar surface area (TPSA) is 55.0 Å². The zero-order valence-corrected chi connectivity index (χ0v) is 14.0. The molecule has 0 spiro atoms. The molecule has 0 bridgehead atoms. The van der Waals surface area contributed by atoms with Crippen LogP contribution >= 0.6 is 27.5 Å². The number of nitrogens with one attached hydrogen (secondary N) is 1. The first kappa shape index (κ1) is 15.1. The first-order valence-electron chi connectivity index (χ1n) is 6.65. The lowest BCUT2D eigenvalue weighted by Gasteiger charge is -2.15. The lowest BCUT2D eigenvalue weighted by Crippen LogP contribution is -2.16. The van der Waals surface area contributed by atoms with Crippen LogP contribution in [-0.4, -0.2) is 9.97 Å². The van der Waals surface area contributed by atoms with E-state index in [1.54, 1.807) is 30.3 Å². The molecule has 1 aromatic heterocycles. The summed E-state index contributed by atoms with van der Waals surface area (Å²) in [6.45, 7) is 1.83. The molecule has 6 heteroatoms. The number of aromatic amines is 1. The summed E-state index contributed by atoms with van der Waals surface area (Å²) in [5.41, 5.74) is 0.470. The fourth-order valence-corrected chi connectivity index (χ4v) is 2.89. The van der Waals surface area contributed by atoms with Gasteiger partial charge in [-0.1, -0.05) is 23.7 Å². The SMILES string of the molecule is CC(Oc1ccc(Cl)cc1Br)c1nc2ccccc2c(=O)[nH]1. The Bertz CT molecular complexity index is 895. The van der Waals surface area contributed by atoms with E-state index in [0.717, 1.165) is 4.47 Å². The molecule has 0 fully saturated rings. The zero-order chi connectivity index (χ0) is 15.7. The summed E-state index contributed by atoms with van der Waals surface area (Å²) < 4.78 is 6.60. The predicted octanol–water partition coefficient (Wildman–Crippen LogP) is 4.48. The second kappa shape index (κ2) is 6.10. The number of para-hydroxylation sites is 1. The van der Waals surface area contributed by atoms with Crippen molar-refractivity contribution in [3.05, 3.63) is 68.1 Å². The molecule has 1 heterocycles. The Labute approximate surface area is 140 Å². The number of H-pyrrole nitrogens is 1. The van der Waals surface area contributed by atoms with Gasteiger partial charge < -0.3 is 9.72 Å². The van der Waals surface area contributed by atoms with Gasteiger partial charge in [0.1, 0.15) is 5.75 Å². The number of benzene rings is 2. The largest absolute Gasteiger partial charge is 0.482 e. The quantitative estimate of drug-likeness (QED) is 0.730. The Morgan fingerprint density at radius 2 is 2.05 bits per heavy atom. The average molecular weight is 380 g/mol. The molecule has 3 rings (SSSR count). The predicted molar refractivity (Wildman–Crippen MR) is 90.6 cm³/mol. The number of rotatable bonds is 3. The van der Waals surface area contributed by atoms with Crippen molar-refractivity contribution in [3.8, 4) is 5.75 Å². The van der Waals surface area contributed by atoms with Gasteiger partial charge in [-0.25, -0.2) is 4.98 Å². The number of halogens is 2. The van der Waals surface area contributed by atoms with E-state index >= 15 is 0 Å². The Hall–Kier alpha value is -1.85. The van der Waals surface area contributed by atoms with Gasteiger partial charge in [0.2, 0.25) is 0 Å². The fourth-order valence-electron chi connectivity index (χ4n) is 2.11. The molecule has 0 aliphatic rings. The highest BCUT2D eigenvalue weighted by atomic mass is 79.9. The van der Waals surface area contributed by atoms with Gasteiger partial charge in [-0.15, -0.1) is 0 Å². The van der Waals surface area contributed by atoms with Crippen molar-refractivity contribution in [1.29, 1.82) is 0 Å². The molecule has 1 unspecified atom stereocenters. The lowest BCUT2D eigenvalue weighted by atomic mass is 10.2. The highest BCUT2D eigenvalue weighted by molar-refractivity contribution is 9.10. The minimum absolute atomic E-state index is 0.175. The molecule has 112 valence electrons. The van der Waals surface area contributed by atoms with Crippen molar-refractivity contribution in [1.82, 2.24) is 9.97 Å². The number of nitrogens with zero attached hydrogens (tertiary/aromatic N) is 1. The highest BCUT2D eigenvalue weighted by Crippen LogP contribution is 2.31. The molecule has 22 heavy (non-hydrogen) atoms. The minimum Gasteiger partial charge on any atom is -0.482 e. The summed E-state index contributed by atoms with van der Waals surface area (Å²) in [6.07, 6.45) is -0.408. The van der Waals surface area contributed by atoms with E-state index in [1.165, 1.54) is 0 Å². The Morgan fingerprint density at radius 1 is 1.27 bits per heavy atom. The van der Waals surface area contributed by atoms with Crippen molar-refractivity contribution in [2.24, 2.45) is 0 Å². The molecule has 1 atom stereocenters. The van der Waals surface area contributed by atoms with E-state index in [4.69, 9.17) is 16.3 Å². The van der Waals surface area contributed by atoms with Crippen molar-refractivity contribution in [3.63, 3.8) is 0 Å². The van der Waals surface area contributed by atoms with Gasteiger partial charge in [-0.2, -0.15) is 0 Å². The van der Waals surface area contributed by atoms with Crippen LogP contribution in [-0.2, 0) is 0 Å². The fraction of sp³-hybridized carbons (Fsp3) is 0.125. The molecule has 0 amide bonds. The van der Waals surface area contributed by atoms with E-state index in [9.17, 15) is 4.79 Å². The second-order valence-corrected chi connectivity index (χ2v) is 6.09. The molecule has 0 aliphatic carbocycles. The number of hydrogen-bond acceptors (Lipinski definition) is 3. The van der Waals surface area contributed by atoms with Crippen LogP contribution in [0.2, 0.25) is 5.02 Å². The van der Waals surface area contributed by atoms with Crippen LogP contribution in [0.25, 0.3) is 10.9 Å². The summed E-state index contributed by atoms with van der Waals surface area (Å²) in [5, 5.41) is 1.18. The number of hydrogen-bond donors (Lipinski definition) is 1. The second-order valence-electron chi connectivity index (χ2n) is 4.80. The van der Waals surface area contributed by atoms with Crippen molar-refractivity contribution in [2.75, 3.05) is 0 Å². The Balaban J connectivity index is 1.95. The van der Waals surface area contributed by atoms with Gasteiger partial charge in [0.25, 0.3) is 5.56 Å². The monoisotopic (exact) mass is 378 g/mol. The highest BCUT2D eigenvalue weighted by Gasteiger charge is 2.14. The third kappa shape index (κ3) is 3.00. The van der Waals surface area contributed by atoms with Crippen LogP contribution < -0.4 is 10.3 Å². The van der Waals surface area contributed by atoms with Crippen molar-refractivity contribution < 1.29 is 4.74 Å². The maximum Gasteiger partial charge on any atom is 0.258 e. The van der Waals surface area contributed by atoms with Crippen LogP contribution in [0.15, 0.2) is 51.7 Å². The van der Waals surface area contributed by atoms with Crippen LogP contribution in [0.1, 0.15) is 18.9 Å². The van der Waals surface area contributed by atoms with Gasteiger partial charge in [-0.3, -0.25) is 4.79 Å². The van der Waals surface area contributed by atoms with Crippen LogP contribution in [0, 0.1) is 0 Å². The van der Waals surface area contributed by atoms with E-state index < -0.39 is 6.10 Å². The Kier molecular flexibility index (Phi) is 4.18. The van der Waals surface area contributed by atoms with Crippen LogP contribution in [0.3, 0.4) is 0 Å². The molecule has 0 saturated heterocycles. The molecule has 0 aliphatic heterocycles. The van der Waals surface area contributed by atoms with E-state index in [2.05, 4.69) is 25.9 Å². The number of ether oxygens (including phenoxy) is 1. The van der Waals surface area contributed by atoms with Crippen molar-refractivity contribution in [2.45, 2.75) is 13.0 Å². The molecular formula is C16H12BrClN2O2. The molecule has 4 nitrogen and oxygen atoms in total. The lowest BCUT2D eigenvalue weighted by molar-refractivity contribution is 0.215. The van der Waals surface area contributed by atoms with Gasteiger partial charge in [0.05, 0.1) is 15.4 Å². The normalized spacial score (nSPS) is 12.3. The van der Waals surface area contributed by atoms with Crippen LogP contribution in [0.4, 0.5) is 0 Å². The number of fused-ring (bicyclic) bond motifs is 1. The van der Waals surface area contributed by atoms with Crippen molar-refractivity contribution >= 4 is 38.4 Å². The third-order valence-electron chi connectivity index (χ3n) is 3.21. The van der Waals surface area contributed by atoms with Gasteiger partial charge in [-0.05, 0) is 53.2 Å². The zero-order valence-electron chi connectivity index (χ0n) is 11.6. The number of aromatic nitrogens is 2. The summed E-state index contributed by atoms with van der Waals surface area (Å²) in [4.78, 5) is 19.3. The standard InChI is InChI=1S/C16H12BrClN2O2/c1-9(22-14-7-6-10(18)8-12(14)17)15-19-13-5-3-2-4-11(13)16(21)20-15/h2-9H,1H3,(H,19,20,21). The smallest absolute Gasteiger partial charge is 0.258 e. The van der Waals surface area contributed by atoms with E-state index in [0.29, 0.717) is 27.5 Å². The summed E-state index contributed by atoms with van der Waals surface area (Å²) in [5.74, 6) is 1.11. The maximum absolute atomic E-state index is 12.1. The van der Waals surface area contributed by atoms with E-state index in [-0.39, 0.29) is 5.56 Å². The van der Waals surface area contributed by atoms with Gasteiger partial charge in [0.15, 0.2) is 11.9 Å². The average Bonchev–Trinajstić information content (AvgIpc) is 2.50.